The number of amides is 1. The van der Waals surface area contributed by atoms with Crippen LogP contribution >= 0.6 is 22.7 Å². The van der Waals surface area contributed by atoms with E-state index in [0.717, 1.165) is 31.5 Å². The zero-order valence-electron chi connectivity index (χ0n) is 12.8. The number of anilines is 1. The van der Waals surface area contributed by atoms with E-state index in [1.165, 1.54) is 11.3 Å². The molecular weight excluding hydrogens is 338 g/mol. The second-order valence-electron chi connectivity index (χ2n) is 5.27. The molecule has 4 aromatic rings. The van der Waals surface area contributed by atoms with Crippen molar-refractivity contribution in [3.8, 4) is 10.6 Å². The van der Waals surface area contributed by atoms with Crippen LogP contribution in [0.15, 0.2) is 53.9 Å². The number of rotatable bonds is 3. The van der Waals surface area contributed by atoms with Gasteiger partial charge in [-0.25, -0.2) is 9.97 Å². The van der Waals surface area contributed by atoms with Gasteiger partial charge in [0.15, 0.2) is 0 Å². The van der Waals surface area contributed by atoms with Crippen molar-refractivity contribution >= 4 is 44.5 Å². The Labute approximate surface area is 146 Å². The van der Waals surface area contributed by atoms with Crippen LogP contribution < -0.4 is 5.32 Å². The molecule has 2 aromatic carbocycles. The van der Waals surface area contributed by atoms with Crippen LogP contribution in [0.2, 0.25) is 0 Å². The average Bonchev–Trinajstić information content (AvgIpc) is 3.21. The normalized spacial score (nSPS) is 10.9. The van der Waals surface area contributed by atoms with Gasteiger partial charge in [-0.15, -0.1) is 22.7 Å². The number of aromatic nitrogens is 2. The summed E-state index contributed by atoms with van der Waals surface area (Å²) >= 11 is 3.08. The maximum Gasteiger partial charge on any atom is 0.275 e. The number of nitrogens with one attached hydrogen (secondary N) is 1. The Morgan fingerprint density at radius 3 is 2.75 bits per heavy atom. The van der Waals surface area contributed by atoms with E-state index in [-0.39, 0.29) is 5.91 Å². The fraction of sp³-hybridized carbons (Fsp3) is 0.0556. The summed E-state index contributed by atoms with van der Waals surface area (Å²) in [5.74, 6) is -0.200. The van der Waals surface area contributed by atoms with Gasteiger partial charge in [0.25, 0.3) is 5.91 Å². The van der Waals surface area contributed by atoms with Gasteiger partial charge in [0.05, 0.1) is 15.2 Å². The molecular formula is C18H13N3OS2. The number of thiazole rings is 2. The lowest BCUT2D eigenvalue weighted by molar-refractivity contribution is 0.102. The van der Waals surface area contributed by atoms with Gasteiger partial charge in [-0.1, -0.05) is 30.3 Å². The minimum absolute atomic E-state index is 0.200. The Hall–Kier alpha value is -2.57. The lowest BCUT2D eigenvalue weighted by Gasteiger charge is -2.02. The minimum atomic E-state index is -0.200. The van der Waals surface area contributed by atoms with E-state index in [4.69, 9.17) is 0 Å². The SMILES string of the molecule is Cc1nc2ccc(NC(=O)c3csc(-c4ccccc4)n3)cc2s1. The van der Waals surface area contributed by atoms with Crippen LogP contribution in [0.5, 0.6) is 0 Å². The first-order chi connectivity index (χ1) is 11.7. The summed E-state index contributed by atoms with van der Waals surface area (Å²) in [5.41, 5.74) is 3.16. The van der Waals surface area contributed by atoms with E-state index in [2.05, 4.69) is 15.3 Å². The maximum absolute atomic E-state index is 12.4. The quantitative estimate of drug-likeness (QED) is 0.566. The zero-order chi connectivity index (χ0) is 16.5. The lowest BCUT2D eigenvalue weighted by atomic mass is 10.2. The third-order valence-corrected chi connectivity index (χ3v) is 5.34. The molecule has 0 spiro atoms. The molecule has 0 radical (unpaired) electrons. The van der Waals surface area contributed by atoms with Crippen molar-refractivity contribution in [3.63, 3.8) is 0 Å². The van der Waals surface area contributed by atoms with Gasteiger partial charge >= 0.3 is 0 Å². The van der Waals surface area contributed by atoms with Crippen LogP contribution in [0, 0.1) is 6.92 Å². The van der Waals surface area contributed by atoms with E-state index in [1.807, 2.05) is 55.5 Å². The summed E-state index contributed by atoms with van der Waals surface area (Å²) < 4.78 is 1.06. The average molecular weight is 351 g/mol. The Morgan fingerprint density at radius 2 is 1.92 bits per heavy atom. The zero-order valence-corrected chi connectivity index (χ0v) is 14.4. The Balaban J connectivity index is 1.56. The number of aryl methyl sites for hydroxylation is 1. The van der Waals surface area contributed by atoms with Crippen molar-refractivity contribution in [2.45, 2.75) is 6.92 Å². The molecule has 1 N–H and O–H groups in total. The lowest BCUT2D eigenvalue weighted by Crippen LogP contribution is -2.12. The van der Waals surface area contributed by atoms with Crippen molar-refractivity contribution in [1.82, 2.24) is 9.97 Å². The number of hydrogen-bond acceptors (Lipinski definition) is 5. The number of fused-ring (bicyclic) bond motifs is 1. The smallest absolute Gasteiger partial charge is 0.275 e. The summed E-state index contributed by atoms with van der Waals surface area (Å²) in [4.78, 5) is 21.3. The molecule has 0 aliphatic rings. The molecule has 1 amide bonds. The molecule has 2 heterocycles. The van der Waals surface area contributed by atoms with E-state index >= 15 is 0 Å². The van der Waals surface area contributed by atoms with E-state index < -0.39 is 0 Å². The van der Waals surface area contributed by atoms with Gasteiger partial charge in [-0.2, -0.15) is 0 Å². The molecule has 6 heteroatoms. The maximum atomic E-state index is 12.4. The second-order valence-corrected chi connectivity index (χ2v) is 7.37. The van der Waals surface area contributed by atoms with Crippen LogP contribution in [-0.2, 0) is 0 Å². The van der Waals surface area contributed by atoms with E-state index in [9.17, 15) is 4.79 Å². The van der Waals surface area contributed by atoms with E-state index in [0.29, 0.717) is 5.69 Å². The molecule has 24 heavy (non-hydrogen) atoms. The fourth-order valence-electron chi connectivity index (χ4n) is 2.40. The molecule has 0 fully saturated rings. The van der Waals surface area contributed by atoms with Gasteiger partial charge < -0.3 is 5.32 Å². The molecule has 0 saturated carbocycles. The third-order valence-electron chi connectivity index (χ3n) is 3.51. The minimum Gasteiger partial charge on any atom is -0.321 e. The van der Waals surface area contributed by atoms with Gasteiger partial charge in [-0.3, -0.25) is 4.79 Å². The molecule has 0 aliphatic carbocycles. The van der Waals surface area contributed by atoms with Gasteiger partial charge in [-0.05, 0) is 25.1 Å². The van der Waals surface area contributed by atoms with Crippen LogP contribution in [-0.4, -0.2) is 15.9 Å². The number of nitrogens with zero attached hydrogens (tertiary/aromatic N) is 2. The molecule has 0 bridgehead atoms. The van der Waals surface area contributed by atoms with Crippen molar-refractivity contribution in [3.05, 3.63) is 64.6 Å². The molecule has 2 aromatic heterocycles. The molecule has 0 aliphatic heterocycles. The first-order valence-corrected chi connectivity index (χ1v) is 9.08. The standard InChI is InChI=1S/C18H13N3OS2/c1-11-19-14-8-7-13(9-16(14)24-11)20-17(22)15-10-23-18(21-15)12-5-3-2-4-6-12/h2-10H,1H3,(H,20,22). The highest BCUT2D eigenvalue weighted by atomic mass is 32.1. The largest absolute Gasteiger partial charge is 0.321 e. The fourth-order valence-corrected chi connectivity index (χ4v) is 4.08. The molecule has 118 valence electrons. The van der Waals surface area contributed by atoms with Crippen molar-refractivity contribution < 1.29 is 4.79 Å². The van der Waals surface area contributed by atoms with Gasteiger partial charge in [0.2, 0.25) is 0 Å². The monoisotopic (exact) mass is 351 g/mol. The summed E-state index contributed by atoms with van der Waals surface area (Å²) in [7, 11) is 0. The van der Waals surface area contributed by atoms with Gasteiger partial charge in [0.1, 0.15) is 10.7 Å². The third kappa shape index (κ3) is 2.93. The van der Waals surface area contributed by atoms with Crippen LogP contribution in [0.4, 0.5) is 5.69 Å². The van der Waals surface area contributed by atoms with E-state index in [1.54, 1.807) is 16.7 Å². The summed E-state index contributed by atoms with van der Waals surface area (Å²) in [6.45, 7) is 1.98. The highest BCUT2D eigenvalue weighted by Crippen LogP contribution is 2.26. The second kappa shape index (κ2) is 6.14. The first-order valence-electron chi connectivity index (χ1n) is 7.38. The number of hydrogen-bond donors (Lipinski definition) is 1. The molecule has 4 rings (SSSR count). The highest BCUT2D eigenvalue weighted by molar-refractivity contribution is 7.18. The van der Waals surface area contributed by atoms with Crippen LogP contribution in [0.25, 0.3) is 20.8 Å². The topological polar surface area (TPSA) is 54.9 Å². The molecule has 0 atom stereocenters. The number of carbonyl (C=O) groups is 1. The predicted octanol–water partition coefficient (Wildman–Crippen LogP) is 4.98. The molecule has 4 nitrogen and oxygen atoms in total. The summed E-state index contributed by atoms with van der Waals surface area (Å²) in [6.07, 6.45) is 0. The van der Waals surface area contributed by atoms with Crippen LogP contribution in [0.1, 0.15) is 15.5 Å². The number of benzene rings is 2. The van der Waals surface area contributed by atoms with Crippen molar-refractivity contribution in [2.75, 3.05) is 5.32 Å². The Kier molecular flexibility index (Phi) is 3.84. The Morgan fingerprint density at radius 1 is 1.08 bits per heavy atom. The first kappa shape index (κ1) is 15.0. The summed E-state index contributed by atoms with van der Waals surface area (Å²) in [5, 5.41) is 6.55. The highest BCUT2D eigenvalue weighted by Gasteiger charge is 2.12. The Bertz CT molecular complexity index is 1020. The van der Waals surface area contributed by atoms with Crippen LogP contribution in [0.3, 0.4) is 0 Å². The number of carbonyl (C=O) groups excluding carboxylic acids is 1. The molecule has 0 unspecified atom stereocenters. The molecule has 0 saturated heterocycles. The van der Waals surface area contributed by atoms with Crippen molar-refractivity contribution in [1.29, 1.82) is 0 Å². The van der Waals surface area contributed by atoms with Gasteiger partial charge in [0, 0.05) is 16.6 Å². The predicted molar refractivity (Wildman–Crippen MR) is 99.9 cm³/mol. The van der Waals surface area contributed by atoms with Crippen molar-refractivity contribution in [2.24, 2.45) is 0 Å². The summed E-state index contributed by atoms with van der Waals surface area (Å²) in [6, 6.07) is 15.6.